The first kappa shape index (κ1) is 13.8. The normalized spacial score (nSPS) is 16.3. The molecule has 0 aromatic heterocycles. The quantitative estimate of drug-likeness (QED) is 0.850. The predicted molar refractivity (Wildman–Crippen MR) is 71.3 cm³/mol. The van der Waals surface area contributed by atoms with Crippen molar-refractivity contribution in [2.24, 2.45) is 5.92 Å². The molecule has 1 saturated heterocycles. The lowest BCUT2D eigenvalue weighted by Crippen LogP contribution is -2.34. The fourth-order valence-corrected chi connectivity index (χ4v) is 2.33. The molecule has 1 aromatic rings. The molecule has 1 aliphatic heterocycles. The monoisotopic (exact) mass is 266 g/mol. The number of benzene rings is 1. The van der Waals surface area contributed by atoms with Crippen molar-refractivity contribution in [2.45, 2.75) is 12.8 Å². The van der Waals surface area contributed by atoms with Crippen LogP contribution >= 0.6 is 0 Å². The van der Waals surface area contributed by atoms with Crippen molar-refractivity contribution in [2.75, 3.05) is 32.5 Å². The highest BCUT2D eigenvalue weighted by molar-refractivity contribution is 5.99. The first-order valence-electron chi connectivity index (χ1n) is 6.46. The first-order valence-corrected chi connectivity index (χ1v) is 6.46. The Labute approximate surface area is 112 Å². The summed E-state index contributed by atoms with van der Waals surface area (Å²) in [6.07, 6.45) is 1.91. The van der Waals surface area contributed by atoms with E-state index in [1.165, 1.54) is 12.1 Å². The highest BCUT2D eigenvalue weighted by Crippen LogP contribution is 2.20. The average Bonchev–Trinajstić information content (AvgIpc) is 2.42. The largest absolute Gasteiger partial charge is 0.396 e. The SMILES string of the molecule is CN(CC1CCOCC1)C(=O)c1cccc(F)c1N. The number of rotatable bonds is 3. The van der Waals surface area contributed by atoms with Crippen LogP contribution in [0.3, 0.4) is 0 Å². The number of nitrogen functional groups attached to an aromatic ring is 1. The molecule has 4 nitrogen and oxygen atoms in total. The molecule has 0 bridgehead atoms. The Morgan fingerprint density at radius 3 is 2.84 bits per heavy atom. The molecular formula is C14H19FN2O2. The Bertz CT molecular complexity index is 459. The number of nitrogens with zero attached hydrogens (tertiary/aromatic N) is 1. The number of anilines is 1. The highest BCUT2D eigenvalue weighted by Gasteiger charge is 2.21. The van der Waals surface area contributed by atoms with Gasteiger partial charge in [-0.3, -0.25) is 4.79 Å². The van der Waals surface area contributed by atoms with Crippen molar-refractivity contribution in [3.63, 3.8) is 0 Å². The number of carbonyl (C=O) groups is 1. The van der Waals surface area contributed by atoms with Crippen molar-refractivity contribution < 1.29 is 13.9 Å². The molecule has 0 aliphatic carbocycles. The van der Waals surface area contributed by atoms with Crippen molar-refractivity contribution in [3.8, 4) is 0 Å². The third-order valence-electron chi connectivity index (χ3n) is 3.50. The number of ether oxygens (including phenoxy) is 1. The maximum atomic E-state index is 13.3. The molecule has 0 spiro atoms. The van der Waals surface area contributed by atoms with Gasteiger partial charge in [0, 0.05) is 26.8 Å². The average molecular weight is 266 g/mol. The van der Waals surface area contributed by atoms with Crippen LogP contribution < -0.4 is 5.73 Å². The van der Waals surface area contributed by atoms with Crippen molar-refractivity contribution >= 4 is 11.6 Å². The first-order chi connectivity index (χ1) is 9.09. The molecule has 5 heteroatoms. The third kappa shape index (κ3) is 3.23. The van der Waals surface area contributed by atoms with Crippen molar-refractivity contribution in [1.29, 1.82) is 0 Å². The summed E-state index contributed by atoms with van der Waals surface area (Å²) in [4.78, 5) is 13.9. The molecule has 104 valence electrons. The van der Waals surface area contributed by atoms with Gasteiger partial charge in [0.2, 0.25) is 0 Å². The van der Waals surface area contributed by atoms with E-state index < -0.39 is 5.82 Å². The van der Waals surface area contributed by atoms with Crippen LogP contribution in [-0.2, 0) is 4.74 Å². The lowest BCUT2D eigenvalue weighted by molar-refractivity contribution is 0.0497. The van der Waals surface area contributed by atoms with Gasteiger partial charge in [0.05, 0.1) is 11.3 Å². The van der Waals surface area contributed by atoms with Crippen LogP contribution in [-0.4, -0.2) is 37.6 Å². The molecule has 0 saturated carbocycles. The predicted octanol–water partition coefficient (Wildman–Crippen LogP) is 1.91. The van der Waals surface area contributed by atoms with E-state index in [2.05, 4.69) is 0 Å². The molecule has 0 unspecified atom stereocenters. The standard InChI is InChI=1S/C14H19FN2O2/c1-17(9-10-5-7-19-8-6-10)14(18)11-3-2-4-12(15)13(11)16/h2-4,10H,5-9,16H2,1H3. The minimum Gasteiger partial charge on any atom is -0.396 e. The Hall–Kier alpha value is -1.62. The zero-order valence-electron chi connectivity index (χ0n) is 11.1. The summed E-state index contributed by atoms with van der Waals surface area (Å²) >= 11 is 0. The fourth-order valence-electron chi connectivity index (χ4n) is 2.33. The van der Waals surface area contributed by atoms with Gasteiger partial charge in [0.25, 0.3) is 5.91 Å². The zero-order valence-corrected chi connectivity index (χ0v) is 11.1. The van der Waals surface area contributed by atoms with Crippen LogP contribution in [0.15, 0.2) is 18.2 Å². The summed E-state index contributed by atoms with van der Waals surface area (Å²) in [5.41, 5.74) is 5.77. The van der Waals surface area contributed by atoms with E-state index in [4.69, 9.17) is 10.5 Å². The van der Waals surface area contributed by atoms with Gasteiger partial charge in [0.15, 0.2) is 0 Å². The minimum atomic E-state index is -0.551. The number of hydrogen-bond donors (Lipinski definition) is 1. The Balaban J connectivity index is 2.03. The van der Waals surface area contributed by atoms with Gasteiger partial charge < -0.3 is 15.4 Å². The van der Waals surface area contributed by atoms with Crippen LogP contribution in [0.4, 0.5) is 10.1 Å². The van der Waals surface area contributed by atoms with E-state index in [1.54, 1.807) is 18.0 Å². The van der Waals surface area contributed by atoms with E-state index >= 15 is 0 Å². The molecular weight excluding hydrogens is 247 g/mol. The number of nitrogens with two attached hydrogens (primary N) is 1. The summed E-state index contributed by atoms with van der Waals surface area (Å²) in [6.45, 7) is 2.14. The molecule has 2 rings (SSSR count). The van der Waals surface area contributed by atoms with E-state index in [-0.39, 0.29) is 17.2 Å². The lowest BCUT2D eigenvalue weighted by Gasteiger charge is -2.27. The summed E-state index contributed by atoms with van der Waals surface area (Å²) in [5, 5.41) is 0. The Morgan fingerprint density at radius 2 is 2.16 bits per heavy atom. The minimum absolute atomic E-state index is 0.0775. The van der Waals surface area contributed by atoms with Crippen LogP contribution in [0.2, 0.25) is 0 Å². The van der Waals surface area contributed by atoms with E-state index in [0.717, 1.165) is 26.1 Å². The van der Waals surface area contributed by atoms with E-state index in [1.807, 2.05) is 0 Å². The van der Waals surface area contributed by atoms with Gasteiger partial charge in [-0.05, 0) is 30.9 Å². The highest BCUT2D eigenvalue weighted by atomic mass is 19.1. The van der Waals surface area contributed by atoms with Gasteiger partial charge >= 0.3 is 0 Å². The summed E-state index contributed by atoms with van der Waals surface area (Å²) < 4.78 is 18.6. The maximum Gasteiger partial charge on any atom is 0.255 e. The van der Waals surface area contributed by atoms with Crippen LogP contribution in [0.5, 0.6) is 0 Å². The van der Waals surface area contributed by atoms with Gasteiger partial charge in [-0.15, -0.1) is 0 Å². The van der Waals surface area contributed by atoms with Gasteiger partial charge in [-0.2, -0.15) is 0 Å². The van der Waals surface area contributed by atoms with E-state index in [9.17, 15) is 9.18 Å². The number of para-hydroxylation sites is 1. The molecule has 19 heavy (non-hydrogen) atoms. The number of halogens is 1. The molecule has 1 heterocycles. The van der Waals surface area contributed by atoms with E-state index in [0.29, 0.717) is 12.5 Å². The van der Waals surface area contributed by atoms with Gasteiger partial charge in [0.1, 0.15) is 5.82 Å². The zero-order chi connectivity index (χ0) is 13.8. The molecule has 1 amide bonds. The lowest BCUT2D eigenvalue weighted by atomic mass is 9.99. The Kier molecular flexibility index (Phi) is 4.37. The van der Waals surface area contributed by atoms with Gasteiger partial charge in [-0.1, -0.05) is 6.07 Å². The smallest absolute Gasteiger partial charge is 0.255 e. The second-order valence-corrected chi connectivity index (χ2v) is 4.94. The maximum absolute atomic E-state index is 13.3. The third-order valence-corrected chi connectivity index (χ3v) is 3.50. The second-order valence-electron chi connectivity index (χ2n) is 4.94. The molecule has 1 aliphatic rings. The molecule has 1 fully saturated rings. The van der Waals surface area contributed by atoms with Crippen molar-refractivity contribution in [3.05, 3.63) is 29.6 Å². The second kappa shape index (κ2) is 6.02. The molecule has 0 atom stereocenters. The van der Waals surface area contributed by atoms with Crippen LogP contribution in [0.1, 0.15) is 23.2 Å². The summed E-state index contributed by atoms with van der Waals surface area (Å²) in [7, 11) is 1.72. The van der Waals surface area contributed by atoms with Crippen LogP contribution in [0, 0.1) is 11.7 Å². The summed E-state index contributed by atoms with van der Waals surface area (Å²) in [6, 6.07) is 4.31. The molecule has 0 radical (unpaired) electrons. The molecule has 1 aromatic carbocycles. The number of carbonyl (C=O) groups excluding carboxylic acids is 1. The van der Waals surface area contributed by atoms with Crippen molar-refractivity contribution in [1.82, 2.24) is 4.90 Å². The number of hydrogen-bond acceptors (Lipinski definition) is 3. The number of amides is 1. The summed E-state index contributed by atoms with van der Waals surface area (Å²) in [5.74, 6) is -0.341. The fraction of sp³-hybridized carbons (Fsp3) is 0.500. The topological polar surface area (TPSA) is 55.6 Å². The van der Waals surface area contributed by atoms with Crippen LogP contribution in [0.25, 0.3) is 0 Å². The Morgan fingerprint density at radius 1 is 1.47 bits per heavy atom. The molecule has 2 N–H and O–H groups in total. The van der Waals surface area contributed by atoms with Gasteiger partial charge in [-0.25, -0.2) is 4.39 Å².